The van der Waals surface area contributed by atoms with Crippen molar-refractivity contribution < 1.29 is 14.2 Å². The smallest absolute Gasteiger partial charge is 0.203 e. The van der Waals surface area contributed by atoms with E-state index in [0.717, 1.165) is 26.2 Å². The van der Waals surface area contributed by atoms with E-state index >= 15 is 0 Å². The summed E-state index contributed by atoms with van der Waals surface area (Å²) in [6.07, 6.45) is 1.66. The molecule has 2 aromatic carbocycles. The molecule has 2 aromatic heterocycles. The molecule has 0 fully saturated rings. The van der Waals surface area contributed by atoms with Crippen LogP contribution in [0.25, 0.3) is 20.7 Å². The maximum atomic E-state index is 5.51. The van der Waals surface area contributed by atoms with Crippen LogP contribution in [0.5, 0.6) is 17.2 Å². The first-order valence-corrected chi connectivity index (χ1v) is 10.4. The molecule has 7 nitrogen and oxygen atoms in total. The van der Waals surface area contributed by atoms with Gasteiger partial charge in [-0.3, -0.25) is 5.43 Å². The number of anilines is 1. The molecule has 0 saturated heterocycles. The molecule has 158 valence electrons. The van der Waals surface area contributed by atoms with Gasteiger partial charge < -0.3 is 14.2 Å². The summed E-state index contributed by atoms with van der Waals surface area (Å²) in [5.74, 6) is 2.97. The molecule has 0 aliphatic rings. The Morgan fingerprint density at radius 3 is 2.42 bits per heavy atom. The Kier molecular flexibility index (Phi) is 5.99. The van der Waals surface area contributed by atoms with Gasteiger partial charge in [-0.15, -0.1) is 11.3 Å². The number of thiophene rings is 1. The van der Waals surface area contributed by atoms with Gasteiger partial charge in [0.25, 0.3) is 0 Å². The standard InChI is InChI=1S/C23H22N4O3S/c1-14-25-22(17-12-19(31-23(17)26-14)15-8-6-5-7-9-15)27-24-13-16-10-11-18(28-2)21(30-4)20(16)29-3/h5-13H,1-4H3,(H,25,26,27). The lowest BCUT2D eigenvalue weighted by Crippen LogP contribution is -2.00. The number of aryl methyl sites for hydroxylation is 1. The van der Waals surface area contributed by atoms with Gasteiger partial charge in [-0.05, 0) is 30.7 Å². The van der Waals surface area contributed by atoms with Crippen LogP contribution >= 0.6 is 11.3 Å². The van der Waals surface area contributed by atoms with E-state index in [-0.39, 0.29) is 0 Å². The number of hydrogen-bond donors (Lipinski definition) is 1. The molecule has 0 amide bonds. The van der Waals surface area contributed by atoms with Crippen LogP contribution in [0.1, 0.15) is 11.4 Å². The van der Waals surface area contributed by atoms with Gasteiger partial charge in [0.1, 0.15) is 10.7 Å². The molecule has 0 bridgehead atoms. The molecule has 4 aromatic rings. The Morgan fingerprint density at radius 2 is 1.71 bits per heavy atom. The van der Waals surface area contributed by atoms with Crippen LogP contribution in [-0.2, 0) is 0 Å². The third kappa shape index (κ3) is 4.15. The van der Waals surface area contributed by atoms with Crippen LogP contribution in [0.4, 0.5) is 5.82 Å². The second-order valence-electron chi connectivity index (χ2n) is 6.61. The molecule has 0 spiro atoms. The summed E-state index contributed by atoms with van der Waals surface area (Å²) in [6, 6.07) is 16.0. The van der Waals surface area contributed by atoms with Crippen molar-refractivity contribution in [2.75, 3.05) is 26.8 Å². The molecule has 4 rings (SSSR count). The Balaban J connectivity index is 1.66. The molecular weight excluding hydrogens is 412 g/mol. The topological polar surface area (TPSA) is 77.9 Å². The maximum Gasteiger partial charge on any atom is 0.203 e. The van der Waals surface area contributed by atoms with Crippen molar-refractivity contribution in [2.45, 2.75) is 6.92 Å². The van der Waals surface area contributed by atoms with Crippen molar-refractivity contribution in [3.05, 3.63) is 59.9 Å². The van der Waals surface area contributed by atoms with Crippen molar-refractivity contribution in [1.29, 1.82) is 0 Å². The average molecular weight is 435 g/mol. The normalized spacial score (nSPS) is 11.1. The zero-order chi connectivity index (χ0) is 21.8. The van der Waals surface area contributed by atoms with E-state index in [2.05, 4.69) is 38.7 Å². The molecule has 0 aliphatic heterocycles. The second-order valence-corrected chi connectivity index (χ2v) is 7.64. The lowest BCUT2D eigenvalue weighted by Gasteiger charge is -2.13. The monoisotopic (exact) mass is 434 g/mol. The van der Waals surface area contributed by atoms with Gasteiger partial charge >= 0.3 is 0 Å². The Labute approximate surface area is 184 Å². The maximum absolute atomic E-state index is 5.51. The Morgan fingerprint density at radius 1 is 0.935 bits per heavy atom. The number of nitrogens with zero attached hydrogens (tertiary/aromatic N) is 3. The van der Waals surface area contributed by atoms with Gasteiger partial charge in [0.15, 0.2) is 17.3 Å². The molecular formula is C23H22N4O3S. The molecule has 2 heterocycles. The first-order chi connectivity index (χ1) is 15.1. The zero-order valence-corrected chi connectivity index (χ0v) is 18.5. The van der Waals surface area contributed by atoms with Crippen molar-refractivity contribution in [3.8, 4) is 27.7 Å². The van der Waals surface area contributed by atoms with Crippen molar-refractivity contribution >= 4 is 33.6 Å². The predicted molar refractivity (Wildman–Crippen MR) is 125 cm³/mol. The van der Waals surface area contributed by atoms with E-state index in [4.69, 9.17) is 14.2 Å². The van der Waals surface area contributed by atoms with Crippen molar-refractivity contribution in [3.63, 3.8) is 0 Å². The van der Waals surface area contributed by atoms with Gasteiger partial charge in [-0.2, -0.15) is 5.10 Å². The molecule has 0 saturated carbocycles. The Hall–Kier alpha value is -3.65. The number of aromatic nitrogens is 2. The zero-order valence-electron chi connectivity index (χ0n) is 17.7. The lowest BCUT2D eigenvalue weighted by molar-refractivity contribution is 0.324. The van der Waals surface area contributed by atoms with E-state index in [1.54, 1.807) is 44.9 Å². The number of fused-ring (bicyclic) bond motifs is 1. The summed E-state index contributed by atoms with van der Waals surface area (Å²) in [7, 11) is 4.73. The fourth-order valence-corrected chi connectivity index (χ4v) is 4.33. The predicted octanol–water partition coefficient (Wildman–Crippen LogP) is 5.14. The fraction of sp³-hybridized carbons (Fsp3) is 0.174. The SMILES string of the molecule is COc1ccc(C=NNc2nc(C)nc3sc(-c4ccccc4)cc23)c(OC)c1OC. The summed E-state index contributed by atoms with van der Waals surface area (Å²) in [6.45, 7) is 1.87. The van der Waals surface area contributed by atoms with E-state index in [0.29, 0.717) is 28.9 Å². The summed E-state index contributed by atoms with van der Waals surface area (Å²) in [4.78, 5) is 11.2. The van der Waals surface area contributed by atoms with E-state index in [1.165, 1.54) is 0 Å². The highest BCUT2D eigenvalue weighted by molar-refractivity contribution is 7.21. The van der Waals surface area contributed by atoms with Crippen LogP contribution in [-0.4, -0.2) is 37.5 Å². The number of ether oxygens (including phenoxy) is 3. The van der Waals surface area contributed by atoms with Crippen LogP contribution in [0, 0.1) is 6.92 Å². The lowest BCUT2D eigenvalue weighted by atomic mass is 10.2. The number of hydrogen-bond acceptors (Lipinski definition) is 8. The Bertz CT molecular complexity index is 1240. The number of hydrazone groups is 1. The molecule has 0 aliphatic carbocycles. The third-order valence-electron chi connectivity index (χ3n) is 4.67. The molecule has 1 N–H and O–H groups in total. The van der Waals surface area contributed by atoms with Crippen LogP contribution in [0.3, 0.4) is 0 Å². The van der Waals surface area contributed by atoms with E-state index in [1.807, 2.05) is 31.2 Å². The van der Waals surface area contributed by atoms with Gasteiger partial charge in [0, 0.05) is 10.4 Å². The summed E-state index contributed by atoms with van der Waals surface area (Å²) >= 11 is 1.63. The molecule has 0 radical (unpaired) electrons. The number of methoxy groups -OCH3 is 3. The minimum Gasteiger partial charge on any atom is -0.493 e. The average Bonchev–Trinajstić information content (AvgIpc) is 3.23. The minimum atomic E-state index is 0.513. The first-order valence-electron chi connectivity index (χ1n) is 9.56. The molecule has 8 heteroatoms. The highest BCUT2D eigenvalue weighted by atomic mass is 32.1. The number of rotatable bonds is 7. The largest absolute Gasteiger partial charge is 0.493 e. The third-order valence-corrected chi connectivity index (χ3v) is 5.75. The van der Waals surface area contributed by atoms with Crippen LogP contribution in [0.2, 0.25) is 0 Å². The van der Waals surface area contributed by atoms with Gasteiger partial charge in [-0.25, -0.2) is 9.97 Å². The molecule has 0 unspecified atom stereocenters. The van der Waals surface area contributed by atoms with Crippen LogP contribution in [0.15, 0.2) is 53.6 Å². The summed E-state index contributed by atoms with van der Waals surface area (Å²) in [5.41, 5.74) is 4.94. The first kappa shape index (κ1) is 20.6. The molecule has 0 atom stereocenters. The quantitative estimate of drug-likeness (QED) is 0.321. The number of nitrogens with one attached hydrogen (secondary N) is 1. The fourth-order valence-electron chi connectivity index (χ4n) is 3.25. The van der Waals surface area contributed by atoms with E-state index in [9.17, 15) is 0 Å². The van der Waals surface area contributed by atoms with Crippen molar-refractivity contribution in [1.82, 2.24) is 9.97 Å². The summed E-state index contributed by atoms with van der Waals surface area (Å²) in [5, 5.41) is 5.31. The summed E-state index contributed by atoms with van der Waals surface area (Å²) < 4.78 is 16.3. The van der Waals surface area contributed by atoms with Gasteiger partial charge in [-0.1, -0.05) is 30.3 Å². The van der Waals surface area contributed by atoms with Gasteiger partial charge in [0.05, 0.1) is 32.9 Å². The van der Waals surface area contributed by atoms with Gasteiger partial charge in [0.2, 0.25) is 5.75 Å². The number of benzene rings is 2. The van der Waals surface area contributed by atoms with E-state index < -0.39 is 0 Å². The van der Waals surface area contributed by atoms with Crippen LogP contribution < -0.4 is 19.6 Å². The highest BCUT2D eigenvalue weighted by Crippen LogP contribution is 2.39. The molecule has 31 heavy (non-hydrogen) atoms. The highest BCUT2D eigenvalue weighted by Gasteiger charge is 2.15. The van der Waals surface area contributed by atoms with Crippen molar-refractivity contribution in [2.24, 2.45) is 5.10 Å². The minimum absolute atomic E-state index is 0.513. The second kappa shape index (κ2) is 9.01.